The number of fused-ring (bicyclic) bond motifs is 1. The minimum absolute atomic E-state index is 0.101. The van der Waals surface area contributed by atoms with Gasteiger partial charge in [0.05, 0.1) is 11.3 Å². The van der Waals surface area contributed by atoms with Crippen LogP contribution in [0, 0.1) is 18.3 Å². The summed E-state index contributed by atoms with van der Waals surface area (Å²) in [5, 5.41) is 15.7. The smallest absolute Gasteiger partial charge is 0.268 e. The number of hydrogen-bond donors (Lipinski definition) is 1. The van der Waals surface area contributed by atoms with Gasteiger partial charge in [-0.1, -0.05) is 23.4 Å². The molecule has 3 rings (SSSR count). The van der Waals surface area contributed by atoms with Gasteiger partial charge >= 0.3 is 0 Å². The van der Waals surface area contributed by atoms with Gasteiger partial charge < -0.3 is 14.7 Å². The van der Waals surface area contributed by atoms with Crippen LogP contribution in [-0.4, -0.2) is 23.0 Å². The van der Waals surface area contributed by atoms with Crippen LogP contribution in [0.1, 0.15) is 25.2 Å². The fourth-order valence-corrected chi connectivity index (χ4v) is 2.82. The first-order chi connectivity index (χ1) is 11.9. The summed E-state index contributed by atoms with van der Waals surface area (Å²) in [5.74, 6) is -0.344. The Labute approximate surface area is 144 Å². The number of aromatic nitrogens is 1. The molecule has 0 atom stereocenters. The van der Waals surface area contributed by atoms with Crippen molar-refractivity contribution >= 4 is 28.9 Å². The lowest BCUT2D eigenvalue weighted by Crippen LogP contribution is -2.33. The molecule has 0 fully saturated rings. The van der Waals surface area contributed by atoms with Gasteiger partial charge in [-0.3, -0.25) is 9.59 Å². The molecule has 1 aromatic carbocycles. The molecule has 7 nitrogen and oxygen atoms in total. The van der Waals surface area contributed by atoms with E-state index in [9.17, 15) is 14.9 Å². The minimum Gasteiger partial charge on any atom is -0.360 e. The molecular weight excluding hydrogens is 320 g/mol. The molecule has 0 saturated heterocycles. The normalized spacial score (nSPS) is 15.2. The van der Waals surface area contributed by atoms with Gasteiger partial charge in [0.15, 0.2) is 5.82 Å². The highest BCUT2D eigenvalue weighted by molar-refractivity contribution is 6.37. The lowest BCUT2D eigenvalue weighted by atomic mass is 10.0. The van der Waals surface area contributed by atoms with E-state index in [2.05, 4.69) is 10.5 Å². The highest BCUT2D eigenvalue weighted by atomic mass is 16.5. The Morgan fingerprint density at radius 3 is 2.68 bits per heavy atom. The number of hydrogen-bond acceptors (Lipinski definition) is 5. The topological polar surface area (TPSA) is 99.2 Å². The van der Waals surface area contributed by atoms with Crippen LogP contribution in [0.5, 0.6) is 0 Å². The number of para-hydroxylation sites is 1. The quantitative estimate of drug-likeness (QED) is 0.686. The maximum Gasteiger partial charge on any atom is 0.268 e. The standard InChI is InChI=1S/C18H16N4O3/c1-10(2)22-14-7-5-4-6-12(14)16(18(22)24)13(9-19)17(23)20-15-8-11(3)25-21-15/h4-8,10H,1-3H3,(H,20,21,23)/b16-13-. The van der Waals surface area contributed by atoms with Gasteiger partial charge in [0, 0.05) is 17.7 Å². The average Bonchev–Trinajstić information content (AvgIpc) is 3.09. The van der Waals surface area contributed by atoms with Gasteiger partial charge in [-0.25, -0.2) is 0 Å². The summed E-state index contributed by atoms with van der Waals surface area (Å²) in [6.45, 7) is 5.44. The number of anilines is 2. The molecule has 1 aliphatic heterocycles. The van der Waals surface area contributed by atoms with E-state index in [1.54, 1.807) is 30.0 Å². The molecule has 1 aliphatic rings. The van der Waals surface area contributed by atoms with Crippen LogP contribution in [0.4, 0.5) is 11.5 Å². The number of nitriles is 1. The Bertz CT molecular complexity index is 934. The molecule has 7 heteroatoms. The predicted octanol–water partition coefficient (Wildman–Crippen LogP) is 2.65. The lowest BCUT2D eigenvalue weighted by Gasteiger charge is -2.21. The van der Waals surface area contributed by atoms with Gasteiger partial charge in [0.2, 0.25) is 0 Å². The summed E-state index contributed by atoms with van der Waals surface area (Å²) in [5.41, 5.74) is 1.12. The maximum atomic E-state index is 12.9. The fraction of sp³-hybridized carbons (Fsp3) is 0.222. The van der Waals surface area contributed by atoms with Crippen LogP contribution >= 0.6 is 0 Å². The first-order valence-electron chi connectivity index (χ1n) is 7.76. The van der Waals surface area contributed by atoms with E-state index in [0.29, 0.717) is 17.0 Å². The Kier molecular flexibility index (Phi) is 4.11. The number of nitrogens with one attached hydrogen (secondary N) is 1. The third-order valence-electron chi connectivity index (χ3n) is 3.84. The maximum absolute atomic E-state index is 12.9. The highest BCUT2D eigenvalue weighted by Crippen LogP contribution is 2.39. The zero-order valence-corrected chi connectivity index (χ0v) is 14.0. The minimum atomic E-state index is -0.695. The summed E-state index contributed by atoms with van der Waals surface area (Å²) >= 11 is 0. The molecular formula is C18H16N4O3. The average molecular weight is 336 g/mol. The second-order valence-electron chi connectivity index (χ2n) is 5.92. The third kappa shape index (κ3) is 2.78. The molecule has 2 heterocycles. The fourth-order valence-electron chi connectivity index (χ4n) is 2.82. The monoisotopic (exact) mass is 336 g/mol. The number of rotatable bonds is 3. The molecule has 2 amide bonds. The molecule has 0 spiro atoms. The van der Waals surface area contributed by atoms with Crippen molar-refractivity contribution in [1.82, 2.24) is 5.16 Å². The second-order valence-corrected chi connectivity index (χ2v) is 5.92. The Hall–Kier alpha value is -3.40. The first-order valence-corrected chi connectivity index (χ1v) is 7.76. The highest BCUT2D eigenvalue weighted by Gasteiger charge is 2.37. The number of benzene rings is 1. The number of nitrogens with zero attached hydrogens (tertiary/aromatic N) is 3. The largest absolute Gasteiger partial charge is 0.360 e. The number of carbonyl (C=O) groups is 2. The van der Waals surface area contributed by atoms with Gasteiger partial charge in [0.25, 0.3) is 11.8 Å². The van der Waals surface area contributed by atoms with Crippen molar-refractivity contribution in [2.24, 2.45) is 0 Å². The Morgan fingerprint density at radius 2 is 2.08 bits per heavy atom. The van der Waals surface area contributed by atoms with Gasteiger partial charge in [-0.15, -0.1) is 0 Å². The molecule has 2 aromatic rings. The molecule has 126 valence electrons. The molecule has 0 aliphatic carbocycles. The van der Waals surface area contributed by atoms with Crippen molar-refractivity contribution in [3.8, 4) is 6.07 Å². The van der Waals surface area contributed by atoms with Crippen LogP contribution in [-0.2, 0) is 9.59 Å². The van der Waals surface area contributed by atoms with Crippen molar-refractivity contribution in [3.05, 3.63) is 47.2 Å². The van der Waals surface area contributed by atoms with Gasteiger partial charge in [-0.2, -0.15) is 5.26 Å². The zero-order valence-electron chi connectivity index (χ0n) is 14.0. The number of amides is 2. The van der Waals surface area contributed by atoms with E-state index >= 15 is 0 Å². The van der Waals surface area contributed by atoms with Crippen molar-refractivity contribution in [3.63, 3.8) is 0 Å². The van der Waals surface area contributed by atoms with E-state index in [1.807, 2.05) is 26.0 Å². The van der Waals surface area contributed by atoms with Crippen LogP contribution in [0.25, 0.3) is 5.57 Å². The molecule has 1 N–H and O–H groups in total. The predicted molar refractivity (Wildman–Crippen MR) is 91.5 cm³/mol. The van der Waals surface area contributed by atoms with E-state index in [4.69, 9.17) is 4.52 Å². The van der Waals surface area contributed by atoms with Crippen LogP contribution in [0.3, 0.4) is 0 Å². The van der Waals surface area contributed by atoms with Crippen LogP contribution in [0.15, 0.2) is 40.4 Å². The molecule has 25 heavy (non-hydrogen) atoms. The van der Waals surface area contributed by atoms with Crippen LogP contribution < -0.4 is 10.2 Å². The van der Waals surface area contributed by atoms with E-state index < -0.39 is 5.91 Å². The summed E-state index contributed by atoms with van der Waals surface area (Å²) < 4.78 is 4.89. The van der Waals surface area contributed by atoms with E-state index in [-0.39, 0.29) is 28.9 Å². The SMILES string of the molecule is Cc1cc(NC(=O)/C(C#N)=C2\C(=O)N(C(C)C)c3ccccc32)no1. The van der Waals surface area contributed by atoms with E-state index in [1.165, 1.54) is 6.07 Å². The van der Waals surface area contributed by atoms with E-state index in [0.717, 1.165) is 0 Å². The number of aryl methyl sites for hydroxylation is 1. The summed E-state index contributed by atoms with van der Waals surface area (Å²) in [4.78, 5) is 27.0. The van der Waals surface area contributed by atoms with Crippen LogP contribution in [0.2, 0.25) is 0 Å². The lowest BCUT2D eigenvalue weighted by molar-refractivity contribution is -0.115. The molecule has 0 unspecified atom stereocenters. The second kappa shape index (κ2) is 6.24. The third-order valence-corrected chi connectivity index (χ3v) is 3.84. The van der Waals surface area contributed by atoms with Crippen molar-refractivity contribution in [2.45, 2.75) is 26.8 Å². The Morgan fingerprint density at radius 1 is 1.36 bits per heavy atom. The molecule has 0 bridgehead atoms. The van der Waals surface area contributed by atoms with Crippen molar-refractivity contribution in [2.75, 3.05) is 10.2 Å². The van der Waals surface area contributed by atoms with Gasteiger partial charge in [0.1, 0.15) is 17.4 Å². The van der Waals surface area contributed by atoms with Crippen molar-refractivity contribution < 1.29 is 14.1 Å². The van der Waals surface area contributed by atoms with Gasteiger partial charge in [-0.05, 0) is 26.8 Å². The zero-order chi connectivity index (χ0) is 18.1. The molecule has 0 saturated carbocycles. The Balaban J connectivity index is 2.08. The number of carbonyl (C=O) groups excluding carboxylic acids is 2. The summed E-state index contributed by atoms with van der Waals surface area (Å²) in [6.07, 6.45) is 0. The van der Waals surface area contributed by atoms with Crippen molar-refractivity contribution in [1.29, 1.82) is 5.26 Å². The molecule has 0 radical (unpaired) electrons. The summed E-state index contributed by atoms with van der Waals surface area (Å²) in [6, 6.07) is 10.4. The summed E-state index contributed by atoms with van der Waals surface area (Å²) in [7, 11) is 0. The molecule has 1 aromatic heterocycles. The first kappa shape index (κ1) is 16.5.